The third-order valence-corrected chi connectivity index (χ3v) is 7.22. The summed E-state index contributed by atoms with van der Waals surface area (Å²) in [5.41, 5.74) is 0.951. The van der Waals surface area contributed by atoms with Gasteiger partial charge in [0, 0.05) is 17.5 Å². The van der Waals surface area contributed by atoms with Gasteiger partial charge in [-0.25, -0.2) is 0 Å². The Labute approximate surface area is 170 Å². The molecular formula is C23H27N3O3. The second-order valence-corrected chi connectivity index (χ2v) is 9.18. The summed E-state index contributed by atoms with van der Waals surface area (Å²) in [6, 6.07) is 11.5. The van der Waals surface area contributed by atoms with Crippen molar-refractivity contribution in [3.63, 3.8) is 0 Å². The second kappa shape index (κ2) is 6.37. The predicted octanol–water partition coefficient (Wildman–Crippen LogP) is 3.58. The smallest absolute Gasteiger partial charge is 0.255 e. The number of nitrogens with one attached hydrogen (secondary N) is 3. The lowest BCUT2D eigenvalue weighted by molar-refractivity contribution is -0.139. The van der Waals surface area contributed by atoms with E-state index in [0.29, 0.717) is 12.1 Å². The normalized spacial score (nSPS) is 32.4. The van der Waals surface area contributed by atoms with Gasteiger partial charge in [-0.05, 0) is 62.3 Å². The number of hydrogen-bond acceptors (Lipinski definition) is 4. The summed E-state index contributed by atoms with van der Waals surface area (Å²) in [6.45, 7) is 4.51. The van der Waals surface area contributed by atoms with E-state index in [2.05, 4.69) is 22.9 Å². The van der Waals surface area contributed by atoms with Crippen LogP contribution in [0.15, 0.2) is 40.8 Å². The topological polar surface area (TPSA) is 83.4 Å². The lowest BCUT2D eigenvalue weighted by Crippen LogP contribution is -2.70. The number of rotatable bonds is 3. The van der Waals surface area contributed by atoms with Crippen LogP contribution in [0.1, 0.15) is 54.5 Å². The predicted molar refractivity (Wildman–Crippen MR) is 109 cm³/mol. The lowest BCUT2D eigenvalue weighted by atomic mass is 9.51. The van der Waals surface area contributed by atoms with Gasteiger partial charge in [0.05, 0.1) is 12.1 Å². The summed E-state index contributed by atoms with van der Waals surface area (Å²) < 4.78 is 5.57. The minimum Gasteiger partial charge on any atom is -0.465 e. The van der Waals surface area contributed by atoms with Crippen LogP contribution in [0.25, 0.3) is 0 Å². The van der Waals surface area contributed by atoms with Crippen LogP contribution < -0.4 is 16.0 Å². The number of para-hydroxylation sites is 1. The van der Waals surface area contributed by atoms with E-state index in [1.165, 1.54) is 0 Å². The van der Waals surface area contributed by atoms with Crippen molar-refractivity contribution in [2.24, 2.45) is 17.3 Å². The van der Waals surface area contributed by atoms with Gasteiger partial charge in [-0.3, -0.25) is 9.59 Å². The van der Waals surface area contributed by atoms with E-state index in [0.717, 1.165) is 42.9 Å². The maximum atomic E-state index is 13.0. The van der Waals surface area contributed by atoms with Crippen molar-refractivity contribution in [2.45, 2.75) is 51.7 Å². The first-order valence-electron chi connectivity index (χ1n) is 10.4. The molecule has 2 bridgehead atoms. The standard InChI is InChI=1S/C23H27N3O3/c1-14-7-8-16(29-14)12-24-21(28)18-11-15-9-10-22(18,2)13-23(15)25-19-6-4-3-5-17(19)20(27)26-23/h3-8,15,18,25H,9-13H2,1-2H3,(H,24,28)(H,26,27)/t15-,18-,22-,23+/m1/s1. The molecule has 1 aromatic carbocycles. The van der Waals surface area contributed by atoms with Crippen molar-refractivity contribution in [1.29, 1.82) is 0 Å². The summed E-state index contributed by atoms with van der Waals surface area (Å²) in [6.07, 6.45) is 3.53. The third-order valence-electron chi connectivity index (χ3n) is 7.22. The summed E-state index contributed by atoms with van der Waals surface area (Å²) >= 11 is 0. The van der Waals surface area contributed by atoms with E-state index in [1.54, 1.807) is 0 Å². The summed E-state index contributed by atoms with van der Waals surface area (Å²) in [7, 11) is 0. The summed E-state index contributed by atoms with van der Waals surface area (Å²) in [4.78, 5) is 25.8. The van der Waals surface area contributed by atoms with Crippen molar-refractivity contribution in [2.75, 3.05) is 5.32 Å². The Kier molecular flexibility index (Phi) is 4.02. The maximum absolute atomic E-state index is 13.0. The molecule has 152 valence electrons. The number of carbonyl (C=O) groups excluding carboxylic acids is 2. The molecule has 6 rings (SSSR count). The van der Waals surface area contributed by atoms with Crippen LogP contribution in [-0.4, -0.2) is 17.5 Å². The molecule has 2 amide bonds. The van der Waals surface area contributed by atoms with Crippen molar-refractivity contribution in [3.8, 4) is 0 Å². The van der Waals surface area contributed by atoms with Gasteiger partial charge in [0.1, 0.15) is 17.2 Å². The highest BCUT2D eigenvalue weighted by Gasteiger charge is 2.60. The first-order chi connectivity index (χ1) is 13.9. The van der Waals surface area contributed by atoms with Gasteiger partial charge in [0.15, 0.2) is 0 Å². The minimum absolute atomic E-state index is 0.0234. The number of fused-ring (bicyclic) bond motifs is 3. The zero-order valence-electron chi connectivity index (χ0n) is 16.9. The molecule has 3 N–H and O–H groups in total. The Balaban J connectivity index is 1.35. The first kappa shape index (κ1) is 18.3. The van der Waals surface area contributed by atoms with Crippen molar-refractivity contribution in [3.05, 3.63) is 53.5 Å². The number of anilines is 1. The molecule has 4 atom stereocenters. The molecule has 6 nitrogen and oxygen atoms in total. The molecule has 3 fully saturated rings. The molecule has 4 aliphatic rings. The van der Waals surface area contributed by atoms with Gasteiger partial charge in [-0.1, -0.05) is 19.1 Å². The zero-order valence-corrected chi connectivity index (χ0v) is 16.9. The van der Waals surface area contributed by atoms with E-state index in [-0.39, 0.29) is 29.1 Å². The van der Waals surface area contributed by atoms with Gasteiger partial charge in [0.25, 0.3) is 5.91 Å². The Morgan fingerprint density at radius 3 is 2.83 bits per heavy atom. The van der Waals surface area contributed by atoms with E-state index < -0.39 is 5.66 Å². The molecule has 0 radical (unpaired) electrons. The van der Waals surface area contributed by atoms with Gasteiger partial charge in [-0.15, -0.1) is 0 Å². The molecule has 29 heavy (non-hydrogen) atoms. The van der Waals surface area contributed by atoms with Crippen molar-refractivity contribution in [1.82, 2.24) is 10.6 Å². The number of furan rings is 1. The van der Waals surface area contributed by atoms with Crippen LogP contribution in [0.3, 0.4) is 0 Å². The molecule has 3 aliphatic carbocycles. The van der Waals surface area contributed by atoms with Crippen LogP contribution >= 0.6 is 0 Å². The highest BCUT2D eigenvalue weighted by atomic mass is 16.3. The largest absolute Gasteiger partial charge is 0.465 e. The number of hydrogen-bond donors (Lipinski definition) is 3. The number of aryl methyl sites for hydroxylation is 1. The molecule has 6 heteroatoms. The molecule has 0 unspecified atom stereocenters. The molecule has 2 aromatic rings. The van der Waals surface area contributed by atoms with Gasteiger partial charge in [0.2, 0.25) is 5.91 Å². The average molecular weight is 393 g/mol. The quantitative estimate of drug-likeness (QED) is 0.744. The number of benzene rings is 1. The molecular weight excluding hydrogens is 366 g/mol. The van der Waals surface area contributed by atoms with E-state index in [9.17, 15) is 9.59 Å². The van der Waals surface area contributed by atoms with Crippen molar-refractivity contribution < 1.29 is 14.0 Å². The average Bonchev–Trinajstić information content (AvgIpc) is 3.11. The van der Waals surface area contributed by atoms with Crippen LogP contribution in [0.2, 0.25) is 0 Å². The van der Waals surface area contributed by atoms with Crippen LogP contribution in [0.4, 0.5) is 5.69 Å². The lowest BCUT2D eigenvalue weighted by Gasteiger charge is -2.60. The fraction of sp³-hybridized carbons (Fsp3) is 0.478. The Morgan fingerprint density at radius 2 is 2.07 bits per heavy atom. The van der Waals surface area contributed by atoms with Gasteiger partial charge >= 0.3 is 0 Å². The summed E-state index contributed by atoms with van der Waals surface area (Å²) in [5.74, 6) is 1.85. The fourth-order valence-corrected chi connectivity index (χ4v) is 5.73. The molecule has 3 saturated carbocycles. The number of amides is 2. The summed E-state index contributed by atoms with van der Waals surface area (Å²) in [5, 5.41) is 9.98. The fourth-order valence-electron chi connectivity index (χ4n) is 5.73. The van der Waals surface area contributed by atoms with Crippen LogP contribution in [0.5, 0.6) is 0 Å². The molecule has 1 spiro atoms. The minimum atomic E-state index is -0.465. The van der Waals surface area contributed by atoms with Crippen molar-refractivity contribution >= 4 is 17.5 Å². The molecule has 1 aromatic heterocycles. The van der Waals surface area contributed by atoms with Crippen LogP contribution in [-0.2, 0) is 11.3 Å². The third kappa shape index (κ3) is 2.93. The van der Waals surface area contributed by atoms with Crippen LogP contribution in [0, 0.1) is 24.2 Å². The Bertz CT molecular complexity index is 983. The highest BCUT2D eigenvalue weighted by molar-refractivity contribution is 6.02. The molecule has 0 saturated heterocycles. The van der Waals surface area contributed by atoms with E-state index in [1.807, 2.05) is 43.3 Å². The van der Waals surface area contributed by atoms with E-state index in [4.69, 9.17) is 4.42 Å². The Hall–Kier alpha value is -2.76. The highest BCUT2D eigenvalue weighted by Crippen LogP contribution is 2.58. The second-order valence-electron chi connectivity index (χ2n) is 9.18. The van der Waals surface area contributed by atoms with Gasteiger partial charge in [-0.2, -0.15) is 0 Å². The van der Waals surface area contributed by atoms with Gasteiger partial charge < -0.3 is 20.4 Å². The number of carbonyl (C=O) groups is 2. The SMILES string of the molecule is Cc1ccc(CNC(=O)[C@H]2C[C@H]3CC[C@]2(C)C[C@]32NC(=O)c3ccccc3N2)o1. The molecule has 1 aliphatic heterocycles. The Morgan fingerprint density at radius 1 is 1.24 bits per heavy atom. The monoisotopic (exact) mass is 393 g/mol. The molecule has 2 heterocycles. The first-order valence-corrected chi connectivity index (χ1v) is 10.4. The zero-order chi connectivity index (χ0) is 20.2. The van der Waals surface area contributed by atoms with E-state index >= 15 is 0 Å². The maximum Gasteiger partial charge on any atom is 0.255 e.